The fourth-order valence-corrected chi connectivity index (χ4v) is 1.23. The molecule has 0 spiro atoms. The van der Waals surface area contributed by atoms with Gasteiger partial charge in [0.15, 0.2) is 0 Å². The normalized spacial score (nSPS) is 11.3. The van der Waals surface area contributed by atoms with Gasteiger partial charge in [-0.1, -0.05) is 23.3 Å². The summed E-state index contributed by atoms with van der Waals surface area (Å²) in [7, 11) is 0. The Morgan fingerprint density at radius 1 is 1.50 bits per heavy atom. The van der Waals surface area contributed by atoms with Gasteiger partial charge >= 0.3 is 5.97 Å². The van der Waals surface area contributed by atoms with E-state index in [1.165, 1.54) is 0 Å². The van der Waals surface area contributed by atoms with Gasteiger partial charge in [0.1, 0.15) is 5.75 Å². The Hall–Kier alpha value is -1.71. The summed E-state index contributed by atoms with van der Waals surface area (Å²) in [5.74, 6) is -0.597. The van der Waals surface area contributed by atoms with Gasteiger partial charge in [-0.05, 0) is 17.7 Å². The van der Waals surface area contributed by atoms with Crippen molar-refractivity contribution in [1.29, 1.82) is 0 Å². The first-order chi connectivity index (χ1) is 7.77. The Morgan fingerprint density at radius 2 is 2.19 bits per heavy atom. The van der Waals surface area contributed by atoms with Gasteiger partial charge in [0.05, 0.1) is 5.92 Å². The molecule has 0 aliphatic heterocycles. The molecular weight excluding hydrogens is 230 g/mol. The Kier molecular flexibility index (Phi) is 5.19. The lowest BCUT2D eigenvalue weighted by atomic mass is 10.2. The zero-order valence-corrected chi connectivity index (χ0v) is 9.17. The molecule has 1 aromatic rings. The van der Waals surface area contributed by atoms with Gasteiger partial charge in [0.25, 0.3) is 0 Å². The second-order valence-corrected chi connectivity index (χ2v) is 3.31. The topological polar surface area (TPSA) is 75.1 Å². The summed E-state index contributed by atoms with van der Waals surface area (Å²) in [6, 6.07) is 8.65. The fraction of sp³-hybridized carbons (Fsp3) is 0.300. The highest BCUT2D eigenvalue weighted by molar-refractivity contribution is 6.19. The molecule has 1 atom stereocenters. The first-order valence-electron chi connectivity index (χ1n) is 4.61. The minimum Gasteiger partial charge on any atom is -0.426 e. The van der Waals surface area contributed by atoms with Crippen LogP contribution in [0.2, 0.25) is 0 Å². The van der Waals surface area contributed by atoms with Crippen LogP contribution in [0.5, 0.6) is 5.75 Å². The van der Waals surface area contributed by atoms with Crippen molar-refractivity contribution in [2.45, 2.75) is 0 Å². The molecule has 0 aromatic heterocycles. The van der Waals surface area contributed by atoms with Gasteiger partial charge in [0, 0.05) is 17.3 Å². The second-order valence-electron chi connectivity index (χ2n) is 3.00. The predicted octanol–water partition coefficient (Wildman–Crippen LogP) is 2.76. The molecule has 0 heterocycles. The van der Waals surface area contributed by atoms with Crippen LogP contribution in [0.1, 0.15) is 0 Å². The molecule has 84 valence electrons. The van der Waals surface area contributed by atoms with Gasteiger partial charge in [-0.15, -0.1) is 11.6 Å². The lowest BCUT2D eigenvalue weighted by Gasteiger charge is -2.10. The number of hydrogen-bond acceptors (Lipinski definition) is 3. The summed E-state index contributed by atoms with van der Waals surface area (Å²) in [6.45, 7) is 0.00562. The molecule has 1 unspecified atom stereocenters. The van der Waals surface area contributed by atoms with E-state index in [9.17, 15) is 4.79 Å². The standard InChI is InChI=1S/C10H10ClN3O2/c11-6-8(7-13-14-12)10(15)16-9-4-2-1-3-5-9/h1-5,8H,6-7H2. The second kappa shape index (κ2) is 6.71. The van der Waals surface area contributed by atoms with Crippen molar-refractivity contribution >= 4 is 17.6 Å². The summed E-state index contributed by atoms with van der Waals surface area (Å²) >= 11 is 5.58. The SMILES string of the molecule is [N-]=[N+]=NCC(CCl)C(=O)Oc1ccccc1. The first-order valence-corrected chi connectivity index (χ1v) is 5.15. The number of carbonyl (C=O) groups excluding carboxylic acids is 1. The van der Waals surface area contributed by atoms with E-state index >= 15 is 0 Å². The Morgan fingerprint density at radius 3 is 2.75 bits per heavy atom. The molecule has 0 fully saturated rings. The maximum absolute atomic E-state index is 11.6. The molecular formula is C10H10ClN3O2. The van der Waals surface area contributed by atoms with Crippen LogP contribution in [0.4, 0.5) is 0 Å². The van der Waals surface area contributed by atoms with Crippen molar-refractivity contribution in [1.82, 2.24) is 0 Å². The van der Waals surface area contributed by atoms with Crippen molar-refractivity contribution in [2.75, 3.05) is 12.4 Å². The minimum absolute atomic E-state index is 0.00562. The molecule has 0 amide bonds. The quantitative estimate of drug-likeness (QED) is 0.198. The Balaban J connectivity index is 2.59. The van der Waals surface area contributed by atoms with Gasteiger partial charge < -0.3 is 4.74 Å². The number of esters is 1. The van der Waals surface area contributed by atoms with Crippen molar-refractivity contribution in [3.05, 3.63) is 40.8 Å². The molecule has 0 saturated heterocycles. The van der Waals surface area contributed by atoms with Crippen molar-refractivity contribution in [2.24, 2.45) is 11.0 Å². The Bertz CT molecular complexity index is 390. The molecule has 0 bridgehead atoms. The van der Waals surface area contributed by atoms with Crippen LogP contribution in [0.3, 0.4) is 0 Å². The number of nitrogens with zero attached hydrogens (tertiary/aromatic N) is 3. The zero-order chi connectivity index (χ0) is 11.8. The molecule has 1 rings (SSSR count). The molecule has 0 radical (unpaired) electrons. The highest BCUT2D eigenvalue weighted by Crippen LogP contribution is 2.12. The third-order valence-corrected chi connectivity index (χ3v) is 2.22. The van der Waals surface area contributed by atoms with E-state index < -0.39 is 11.9 Å². The largest absolute Gasteiger partial charge is 0.426 e. The molecule has 5 nitrogen and oxygen atoms in total. The van der Waals surface area contributed by atoms with Crippen molar-refractivity contribution in [3.63, 3.8) is 0 Å². The number of benzene rings is 1. The lowest BCUT2D eigenvalue weighted by Crippen LogP contribution is -2.24. The van der Waals surface area contributed by atoms with Crippen molar-refractivity contribution < 1.29 is 9.53 Å². The average molecular weight is 240 g/mol. The van der Waals surface area contributed by atoms with E-state index in [0.29, 0.717) is 5.75 Å². The maximum Gasteiger partial charge on any atom is 0.315 e. The third kappa shape index (κ3) is 3.81. The predicted molar refractivity (Wildman–Crippen MR) is 60.3 cm³/mol. The number of carbonyl (C=O) groups is 1. The third-order valence-electron chi connectivity index (χ3n) is 1.85. The van der Waals surface area contributed by atoms with Crippen molar-refractivity contribution in [3.8, 4) is 5.75 Å². The van der Waals surface area contributed by atoms with Crippen LogP contribution in [0, 0.1) is 5.92 Å². The van der Waals surface area contributed by atoms with E-state index in [4.69, 9.17) is 21.9 Å². The number of azide groups is 1. The van der Waals surface area contributed by atoms with E-state index in [-0.39, 0.29) is 12.4 Å². The van der Waals surface area contributed by atoms with Crippen LogP contribution in [0.25, 0.3) is 10.4 Å². The smallest absolute Gasteiger partial charge is 0.315 e. The monoisotopic (exact) mass is 239 g/mol. The summed E-state index contributed by atoms with van der Waals surface area (Å²) in [5, 5.41) is 3.30. The number of rotatable bonds is 5. The summed E-state index contributed by atoms with van der Waals surface area (Å²) < 4.78 is 5.06. The number of halogens is 1. The number of para-hydroxylation sites is 1. The van der Waals surface area contributed by atoms with Crippen LogP contribution < -0.4 is 4.74 Å². The summed E-state index contributed by atoms with van der Waals surface area (Å²) in [6.07, 6.45) is 0. The van der Waals surface area contributed by atoms with Gasteiger partial charge in [0.2, 0.25) is 0 Å². The van der Waals surface area contributed by atoms with Crippen LogP contribution in [0.15, 0.2) is 35.4 Å². The number of ether oxygens (including phenoxy) is 1. The first kappa shape index (κ1) is 12.4. The number of alkyl halides is 1. The van der Waals surface area contributed by atoms with E-state index in [1.807, 2.05) is 6.07 Å². The molecule has 0 aliphatic rings. The summed E-state index contributed by atoms with van der Waals surface area (Å²) in [4.78, 5) is 14.1. The highest BCUT2D eigenvalue weighted by atomic mass is 35.5. The van der Waals surface area contributed by atoms with Gasteiger partial charge in [-0.2, -0.15) is 0 Å². The molecule has 16 heavy (non-hydrogen) atoms. The fourth-order valence-electron chi connectivity index (χ4n) is 1.01. The van der Waals surface area contributed by atoms with Crippen LogP contribution in [-0.2, 0) is 4.79 Å². The van der Waals surface area contributed by atoms with E-state index in [0.717, 1.165) is 0 Å². The van der Waals surface area contributed by atoms with E-state index in [2.05, 4.69) is 10.0 Å². The Labute approximate surface area is 97.6 Å². The highest BCUT2D eigenvalue weighted by Gasteiger charge is 2.18. The molecule has 1 aromatic carbocycles. The lowest BCUT2D eigenvalue weighted by molar-refractivity contribution is -0.137. The minimum atomic E-state index is -0.613. The molecule has 6 heteroatoms. The van der Waals surface area contributed by atoms with Gasteiger partial charge in [-0.3, -0.25) is 4.79 Å². The van der Waals surface area contributed by atoms with E-state index in [1.54, 1.807) is 24.3 Å². The van der Waals surface area contributed by atoms with Crippen LogP contribution in [-0.4, -0.2) is 18.4 Å². The molecule has 0 N–H and O–H groups in total. The zero-order valence-electron chi connectivity index (χ0n) is 8.41. The average Bonchev–Trinajstić information content (AvgIpc) is 2.31. The molecule has 0 saturated carbocycles. The summed E-state index contributed by atoms with van der Waals surface area (Å²) in [5.41, 5.74) is 8.15. The maximum atomic E-state index is 11.6. The molecule has 0 aliphatic carbocycles. The number of hydrogen-bond donors (Lipinski definition) is 0. The van der Waals surface area contributed by atoms with Crippen LogP contribution >= 0.6 is 11.6 Å². The van der Waals surface area contributed by atoms with Gasteiger partial charge in [-0.25, -0.2) is 0 Å².